The monoisotopic (exact) mass is 1710 g/mol. The molecular weight excluding hydrogens is 1580 g/mol. The van der Waals surface area contributed by atoms with Gasteiger partial charge in [0.15, 0.2) is 5.58 Å². The Balaban J connectivity index is 0.000000681. The molecule has 18 rings (SSSR count). The number of aromatic nitrogens is 3. The molecule has 0 aliphatic carbocycles. The van der Waals surface area contributed by atoms with Crippen LogP contribution in [-0.2, 0) is 67.8 Å². The second-order valence-electron chi connectivity index (χ2n) is 25.1. The van der Waals surface area contributed by atoms with Gasteiger partial charge >= 0.3 is 16.4 Å². The molecule has 9 heterocycles. The van der Waals surface area contributed by atoms with E-state index in [9.17, 15) is 57.5 Å². The molecule has 3 aromatic heterocycles. The van der Waals surface area contributed by atoms with Gasteiger partial charge in [0.2, 0.25) is 17.7 Å². The van der Waals surface area contributed by atoms with Crippen LogP contribution >= 0.6 is 11.3 Å². The summed E-state index contributed by atoms with van der Waals surface area (Å²) in [5, 5.41) is 0.421. The van der Waals surface area contributed by atoms with Crippen molar-refractivity contribution in [1.82, 2.24) is 33.3 Å². The highest BCUT2D eigenvalue weighted by molar-refractivity contribution is 7.16. The zero-order chi connectivity index (χ0) is 94.0. The highest BCUT2D eigenvalue weighted by Crippen LogP contribution is 2.28. The molecule has 0 bridgehead atoms. The molecule has 0 spiro atoms. The number of fused-ring (bicyclic) bond motifs is 9. The Morgan fingerprint density at radius 2 is 0.637 bits per heavy atom. The van der Waals surface area contributed by atoms with Crippen molar-refractivity contribution in [2.75, 3.05) is 58.6 Å². The van der Waals surface area contributed by atoms with E-state index in [1.165, 1.54) is 53.1 Å². The number of carbonyl (C=O) groups is 8. The van der Waals surface area contributed by atoms with Crippen LogP contribution in [0.2, 0.25) is 0 Å². The van der Waals surface area contributed by atoms with E-state index < -0.39 is 5.76 Å². The Hall–Kier alpha value is -13.0. The van der Waals surface area contributed by atoms with Gasteiger partial charge in [0, 0.05) is 111 Å². The van der Waals surface area contributed by atoms with E-state index in [1.807, 2.05) is 298 Å². The highest BCUT2D eigenvalue weighted by atomic mass is 32.1. The lowest BCUT2D eigenvalue weighted by atomic mass is 9.99. The SMILES string of the molecule is CC.CC.CC.CC.CC.CC.CC.CC.CC.CN1C(=O)CCc2ccccc21.CN1C(=O)Cc2ccccc21.CN1C(=O)Cc2ccccc2C1=O.CN1C(=O)c2ccccc2C1=O.CN1CCc2ccccc2C1=O.CN1Cc2ccccc2C1=O.Cn1c(=O)oc2ccccc21.Cn1c(=O)oc2ccccc2c1=O.Cn1c(=O)sc2ccccc21. The number of anilines is 2. The largest absolute Gasteiger partial charge is 0.422 e. The number of oxazole rings is 1. The smallest absolute Gasteiger partial charge is 0.409 e. The second-order valence-corrected chi connectivity index (χ2v) is 26.1. The van der Waals surface area contributed by atoms with Crippen LogP contribution in [0.1, 0.15) is 211 Å². The first-order valence-electron chi connectivity index (χ1n) is 42.7. The fourth-order valence-corrected chi connectivity index (χ4v) is 12.9. The average molecular weight is 1720 g/mol. The van der Waals surface area contributed by atoms with Crippen LogP contribution in [0.15, 0.2) is 246 Å². The number of nitrogens with zero attached hydrogens (tertiary/aromatic N) is 9. The zero-order valence-corrected chi connectivity index (χ0v) is 78.7. The number of thiazole rings is 1. The summed E-state index contributed by atoms with van der Waals surface area (Å²) in [6.07, 6.45) is 3.41. The Labute approximate surface area is 736 Å². The van der Waals surface area contributed by atoms with E-state index in [0.29, 0.717) is 52.5 Å². The van der Waals surface area contributed by atoms with Gasteiger partial charge in [-0.3, -0.25) is 62.3 Å². The van der Waals surface area contributed by atoms with Crippen molar-refractivity contribution in [1.29, 1.82) is 0 Å². The molecule has 0 N–H and O–H groups in total. The number of hydrogen-bond donors (Lipinski definition) is 0. The first kappa shape index (κ1) is 109. The van der Waals surface area contributed by atoms with Gasteiger partial charge in [-0.15, -0.1) is 0 Å². The van der Waals surface area contributed by atoms with E-state index in [2.05, 4.69) is 6.07 Å². The van der Waals surface area contributed by atoms with Crippen LogP contribution in [0.25, 0.3) is 32.3 Å². The maximum absolute atomic E-state index is 11.5. The number of aryl methyl sites for hydroxylation is 3. The molecule has 8 amide bonds. The second kappa shape index (κ2) is 58.1. The first-order chi connectivity index (χ1) is 59.8. The maximum atomic E-state index is 11.5. The minimum atomic E-state index is -0.635. The van der Waals surface area contributed by atoms with E-state index in [1.54, 1.807) is 105 Å². The lowest BCUT2D eigenvalue weighted by Crippen LogP contribution is -2.39. The van der Waals surface area contributed by atoms with Gasteiger partial charge in [0.1, 0.15) is 5.58 Å². The lowest BCUT2D eigenvalue weighted by Gasteiger charge is -2.25. The Morgan fingerprint density at radius 3 is 1.15 bits per heavy atom. The number of rotatable bonds is 0. The summed E-state index contributed by atoms with van der Waals surface area (Å²) < 4.78 is 14.9. The van der Waals surface area contributed by atoms with Gasteiger partial charge in [-0.2, -0.15) is 0 Å². The molecule has 124 heavy (non-hydrogen) atoms. The summed E-state index contributed by atoms with van der Waals surface area (Å²) in [5.74, 6) is -1.02. The van der Waals surface area contributed by atoms with Crippen molar-refractivity contribution in [3.63, 3.8) is 0 Å². The fraction of sp³-hybridized carbons (Fsp3) is 0.340. The Morgan fingerprint density at radius 1 is 0.274 bits per heavy atom. The van der Waals surface area contributed by atoms with Gasteiger partial charge in [-0.1, -0.05) is 275 Å². The standard InChI is InChI=1S/C10H9NO2.2C10H11NO.C9H7NO3.C9H7NO2.2C9H9NO.C8H7NO2.C8H7NOS.9C2H6/c1-11-9(12)6-7-4-2-3-5-8(7)10(11)13;1-11-7-6-8-4-2-3-5-9(8)10(11)12;1-11-9-5-3-2-4-8(9)6-7-10(11)12;1-10-8(11)6-4-2-3-5-7(6)13-9(10)12;1-10-8(11)6-4-2-3-5-7(6)9(10)12;1-10-6-7-4-2-3-5-8(7)9(10)11;1-10-8-5-3-2-4-7(8)6-9(10)11;2*1-9-6-4-2-3-5-7(6)11-8(9)10;9*1-2/h2-5H,6H2,1H3;2*2-5H,6-7H2,1H3;2-5H,1H3;2-5H,1H3;2*2-5H,6H2,1H3;2*2-5H,1H3;9*1-2H3. The van der Waals surface area contributed by atoms with Crippen LogP contribution in [0, 0.1) is 0 Å². The van der Waals surface area contributed by atoms with Gasteiger partial charge < -0.3 is 33.0 Å². The third-order valence-electron chi connectivity index (χ3n) is 18.3. The van der Waals surface area contributed by atoms with E-state index in [-0.39, 0.29) is 63.4 Å². The minimum Gasteiger partial charge on any atom is -0.409 e. The summed E-state index contributed by atoms with van der Waals surface area (Å²) in [6, 6.07) is 67.3. The topological polar surface area (TPSA) is 265 Å². The predicted octanol–water partition coefficient (Wildman–Crippen LogP) is 19.6. The van der Waals surface area contributed by atoms with Crippen molar-refractivity contribution in [2.24, 2.45) is 21.1 Å². The molecule has 12 aromatic rings. The third-order valence-corrected chi connectivity index (χ3v) is 19.3. The van der Waals surface area contributed by atoms with Crippen LogP contribution in [-0.4, -0.2) is 129 Å². The average Bonchev–Trinajstić information content (AvgIpc) is 1.67. The van der Waals surface area contributed by atoms with Crippen molar-refractivity contribution >= 4 is 102 Å². The quantitative estimate of drug-likeness (QED) is 0.128. The summed E-state index contributed by atoms with van der Waals surface area (Å²) >= 11 is 1.29. The van der Waals surface area contributed by atoms with Crippen molar-refractivity contribution in [3.8, 4) is 0 Å². The summed E-state index contributed by atoms with van der Waals surface area (Å²) in [5.41, 5.74) is 13.5. The van der Waals surface area contributed by atoms with Gasteiger partial charge in [-0.25, -0.2) is 14.2 Å². The molecule has 0 saturated heterocycles. The number of benzene rings is 9. The number of hydrogen-bond acceptors (Lipinski definition) is 15. The number of amides is 8. The fourth-order valence-electron chi connectivity index (χ4n) is 12.0. The predicted molar refractivity (Wildman–Crippen MR) is 510 cm³/mol. The summed E-state index contributed by atoms with van der Waals surface area (Å²) in [6.45, 7) is 37.6. The first-order valence-corrected chi connectivity index (χ1v) is 43.5. The van der Waals surface area contributed by atoms with Crippen molar-refractivity contribution in [2.45, 2.75) is 163 Å². The summed E-state index contributed by atoms with van der Waals surface area (Å²) in [4.78, 5) is 145. The molecule has 6 aliphatic heterocycles. The van der Waals surface area contributed by atoms with E-state index in [0.717, 1.165) is 90.3 Å². The van der Waals surface area contributed by atoms with Crippen LogP contribution < -0.4 is 31.7 Å². The number of para-hydroxylation sites is 6. The van der Waals surface area contributed by atoms with Crippen LogP contribution in [0.4, 0.5) is 11.4 Å². The van der Waals surface area contributed by atoms with Gasteiger partial charge in [0.05, 0.1) is 45.1 Å². The summed E-state index contributed by atoms with van der Waals surface area (Å²) in [7, 11) is 15.2. The van der Waals surface area contributed by atoms with Gasteiger partial charge in [-0.05, 0) is 120 Å². The molecule has 6 aliphatic rings. The Bertz CT molecular complexity index is 5490. The molecule has 0 fully saturated rings. The third kappa shape index (κ3) is 29.4. The van der Waals surface area contributed by atoms with E-state index in [4.69, 9.17) is 8.83 Å². The van der Waals surface area contributed by atoms with Crippen LogP contribution in [0.5, 0.6) is 0 Å². The molecular formula is C100H131N9O14S. The van der Waals surface area contributed by atoms with Crippen LogP contribution in [0.3, 0.4) is 0 Å². The maximum Gasteiger partial charge on any atom is 0.422 e. The zero-order valence-electron chi connectivity index (χ0n) is 77.9. The van der Waals surface area contributed by atoms with Crippen molar-refractivity contribution < 1.29 is 47.2 Å². The molecule has 666 valence electrons. The lowest BCUT2D eigenvalue weighted by molar-refractivity contribution is -0.127. The molecule has 24 heteroatoms. The molecule has 0 unspecified atom stereocenters. The Kier molecular flexibility index (Phi) is 51.1. The molecule has 23 nitrogen and oxygen atoms in total. The molecule has 9 aromatic carbocycles. The molecule has 0 saturated carbocycles. The number of likely N-dealkylation sites (N-methyl/N-ethyl adjacent to an activating group) is 3. The molecule has 0 atom stereocenters. The van der Waals surface area contributed by atoms with E-state index >= 15 is 0 Å². The molecule has 0 radical (unpaired) electrons. The minimum absolute atomic E-state index is 0.103. The normalized spacial score (nSPS) is 12.4. The van der Waals surface area contributed by atoms with Crippen molar-refractivity contribution in [3.05, 3.63) is 315 Å². The highest BCUT2D eigenvalue weighted by Gasteiger charge is 2.32. The van der Waals surface area contributed by atoms with Gasteiger partial charge in [0.25, 0.3) is 35.1 Å². The number of carbonyl (C=O) groups excluding carboxylic acids is 8. The number of imide groups is 2.